The van der Waals surface area contributed by atoms with Crippen molar-refractivity contribution in [2.24, 2.45) is 0 Å². The summed E-state index contributed by atoms with van der Waals surface area (Å²) in [6.07, 6.45) is 6.70. The molecule has 2 aliphatic rings. The van der Waals surface area contributed by atoms with E-state index in [1.807, 2.05) is 6.20 Å². The van der Waals surface area contributed by atoms with Crippen LogP contribution >= 0.6 is 0 Å². The normalized spacial score (nSPS) is 22.9. The van der Waals surface area contributed by atoms with Gasteiger partial charge in [-0.1, -0.05) is 0 Å². The summed E-state index contributed by atoms with van der Waals surface area (Å²) < 4.78 is 0. The molecule has 1 aromatic rings. The van der Waals surface area contributed by atoms with Crippen LogP contribution < -0.4 is 5.32 Å². The van der Waals surface area contributed by atoms with E-state index in [4.69, 9.17) is 0 Å². The van der Waals surface area contributed by atoms with Gasteiger partial charge in [-0.15, -0.1) is 5.10 Å². The molecular weight excluding hydrogens is 188 g/mol. The third-order valence-corrected chi connectivity index (χ3v) is 3.29. The second-order valence-corrected chi connectivity index (χ2v) is 4.54. The highest BCUT2D eigenvalue weighted by molar-refractivity contribution is 5.12. The minimum absolute atomic E-state index is 0.525. The number of piperidine rings is 1. The molecule has 15 heavy (non-hydrogen) atoms. The van der Waals surface area contributed by atoms with Crippen molar-refractivity contribution >= 4 is 0 Å². The number of nitrogens with one attached hydrogen (secondary N) is 1. The summed E-state index contributed by atoms with van der Waals surface area (Å²) in [6.45, 7) is 2.17. The monoisotopic (exact) mass is 204 g/mol. The van der Waals surface area contributed by atoms with Gasteiger partial charge in [0.1, 0.15) is 0 Å². The molecule has 1 saturated heterocycles. The van der Waals surface area contributed by atoms with Gasteiger partial charge in [-0.2, -0.15) is 5.10 Å². The molecule has 1 N–H and O–H groups in total. The molecule has 4 heteroatoms. The Labute approximate surface area is 89.5 Å². The zero-order valence-electron chi connectivity index (χ0n) is 8.82. The Morgan fingerprint density at radius 2 is 1.87 bits per heavy atom. The van der Waals surface area contributed by atoms with Crippen LogP contribution in [0.5, 0.6) is 0 Å². The number of hydrogen-bond acceptors (Lipinski definition) is 4. The molecule has 4 nitrogen and oxygen atoms in total. The second-order valence-electron chi connectivity index (χ2n) is 4.54. The van der Waals surface area contributed by atoms with Crippen LogP contribution in [0, 0.1) is 0 Å². The zero-order chi connectivity index (χ0) is 10.1. The van der Waals surface area contributed by atoms with Crippen molar-refractivity contribution in [1.29, 1.82) is 0 Å². The first kappa shape index (κ1) is 9.21. The minimum Gasteiger partial charge on any atom is -0.317 e. The van der Waals surface area contributed by atoms with Gasteiger partial charge in [0, 0.05) is 11.8 Å². The average Bonchev–Trinajstić information content (AvgIpc) is 3.14. The lowest BCUT2D eigenvalue weighted by Gasteiger charge is -2.20. The number of aromatic nitrogens is 3. The molecule has 1 aliphatic carbocycles. The van der Waals surface area contributed by atoms with Gasteiger partial charge in [0.2, 0.25) is 0 Å². The lowest BCUT2D eigenvalue weighted by atomic mass is 9.97. The predicted octanol–water partition coefficient (Wildman–Crippen LogP) is 1.22. The molecule has 2 heterocycles. The van der Waals surface area contributed by atoms with Gasteiger partial charge in [0.25, 0.3) is 0 Å². The summed E-state index contributed by atoms with van der Waals surface area (Å²) in [4.78, 5) is 4.66. The second kappa shape index (κ2) is 3.85. The van der Waals surface area contributed by atoms with Crippen LogP contribution in [0.2, 0.25) is 0 Å². The van der Waals surface area contributed by atoms with Crippen molar-refractivity contribution < 1.29 is 0 Å². The summed E-state index contributed by atoms with van der Waals surface area (Å²) in [5.41, 5.74) is 1.17. The highest BCUT2D eigenvalue weighted by Gasteiger charge is 2.27. The van der Waals surface area contributed by atoms with Crippen LogP contribution in [-0.2, 0) is 0 Å². The molecule has 0 bridgehead atoms. The fraction of sp³-hybridized carbons (Fsp3) is 0.727. The van der Waals surface area contributed by atoms with Crippen LogP contribution in [0.15, 0.2) is 6.20 Å². The number of hydrogen-bond donors (Lipinski definition) is 1. The minimum atomic E-state index is 0.525. The predicted molar refractivity (Wildman–Crippen MR) is 56.6 cm³/mol. The quantitative estimate of drug-likeness (QED) is 0.787. The molecule has 0 amide bonds. The van der Waals surface area contributed by atoms with Crippen molar-refractivity contribution in [2.45, 2.75) is 37.5 Å². The first-order valence-electron chi connectivity index (χ1n) is 5.84. The van der Waals surface area contributed by atoms with Gasteiger partial charge < -0.3 is 5.32 Å². The lowest BCUT2D eigenvalue weighted by Crippen LogP contribution is -2.27. The summed E-state index contributed by atoms with van der Waals surface area (Å²) in [7, 11) is 0. The summed E-state index contributed by atoms with van der Waals surface area (Å²) >= 11 is 0. The van der Waals surface area contributed by atoms with E-state index in [0.717, 1.165) is 31.8 Å². The standard InChI is InChI=1S/C11H16N4/c1-2-8(1)10-7-13-15-11(14-10)9-3-5-12-6-4-9/h7-9,12H,1-6H2. The van der Waals surface area contributed by atoms with Crippen LogP contribution in [0.3, 0.4) is 0 Å². The molecule has 2 fully saturated rings. The van der Waals surface area contributed by atoms with E-state index in [9.17, 15) is 0 Å². The van der Waals surface area contributed by atoms with Crippen molar-refractivity contribution in [2.75, 3.05) is 13.1 Å². The van der Waals surface area contributed by atoms with Crippen LogP contribution in [0.1, 0.15) is 49.0 Å². The van der Waals surface area contributed by atoms with Crippen molar-refractivity contribution in [3.8, 4) is 0 Å². The molecule has 0 radical (unpaired) electrons. The van der Waals surface area contributed by atoms with Crippen molar-refractivity contribution in [3.05, 3.63) is 17.7 Å². The first-order valence-corrected chi connectivity index (χ1v) is 5.84. The molecule has 1 saturated carbocycles. The van der Waals surface area contributed by atoms with Gasteiger partial charge in [-0.25, -0.2) is 4.98 Å². The fourth-order valence-corrected chi connectivity index (χ4v) is 2.16. The zero-order valence-corrected chi connectivity index (χ0v) is 8.82. The third-order valence-electron chi connectivity index (χ3n) is 3.29. The Bertz CT molecular complexity index is 342. The highest BCUT2D eigenvalue weighted by atomic mass is 15.1. The SMILES string of the molecule is c1nnc(C2CCNCC2)nc1C1CC1. The number of nitrogens with zero attached hydrogens (tertiary/aromatic N) is 3. The molecule has 0 spiro atoms. The molecule has 3 rings (SSSR count). The average molecular weight is 204 g/mol. The Morgan fingerprint density at radius 3 is 2.60 bits per heavy atom. The lowest BCUT2D eigenvalue weighted by molar-refractivity contribution is 0.440. The molecule has 0 aromatic carbocycles. The summed E-state index contributed by atoms with van der Waals surface area (Å²) in [5, 5.41) is 11.6. The molecule has 80 valence electrons. The fourth-order valence-electron chi connectivity index (χ4n) is 2.16. The Balaban J connectivity index is 1.80. The van der Waals surface area contributed by atoms with E-state index in [0.29, 0.717) is 11.8 Å². The van der Waals surface area contributed by atoms with Crippen LogP contribution in [-0.4, -0.2) is 28.3 Å². The van der Waals surface area contributed by atoms with Gasteiger partial charge in [0.15, 0.2) is 5.82 Å². The van der Waals surface area contributed by atoms with E-state index in [1.54, 1.807) is 0 Å². The maximum atomic E-state index is 4.66. The Hall–Kier alpha value is -1.03. The van der Waals surface area contributed by atoms with Crippen molar-refractivity contribution in [1.82, 2.24) is 20.5 Å². The van der Waals surface area contributed by atoms with E-state index in [2.05, 4.69) is 20.5 Å². The van der Waals surface area contributed by atoms with Gasteiger partial charge in [-0.05, 0) is 38.8 Å². The molecule has 0 atom stereocenters. The Morgan fingerprint density at radius 1 is 1.07 bits per heavy atom. The molecule has 0 unspecified atom stereocenters. The molecular formula is C11H16N4. The smallest absolute Gasteiger partial charge is 0.154 e. The molecule has 1 aliphatic heterocycles. The largest absolute Gasteiger partial charge is 0.317 e. The maximum Gasteiger partial charge on any atom is 0.154 e. The van der Waals surface area contributed by atoms with Gasteiger partial charge in [0.05, 0.1) is 11.9 Å². The summed E-state index contributed by atoms with van der Waals surface area (Å²) in [6, 6.07) is 0. The van der Waals surface area contributed by atoms with Crippen LogP contribution in [0.4, 0.5) is 0 Å². The van der Waals surface area contributed by atoms with Crippen molar-refractivity contribution in [3.63, 3.8) is 0 Å². The third kappa shape index (κ3) is 2.00. The van der Waals surface area contributed by atoms with E-state index in [1.165, 1.54) is 18.5 Å². The van der Waals surface area contributed by atoms with E-state index < -0.39 is 0 Å². The first-order chi connectivity index (χ1) is 7.43. The maximum absolute atomic E-state index is 4.66. The van der Waals surface area contributed by atoms with Gasteiger partial charge in [-0.3, -0.25) is 0 Å². The highest BCUT2D eigenvalue weighted by Crippen LogP contribution is 2.38. The van der Waals surface area contributed by atoms with Crippen LogP contribution in [0.25, 0.3) is 0 Å². The van der Waals surface area contributed by atoms with E-state index >= 15 is 0 Å². The number of rotatable bonds is 2. The molecule has 1 aromatic heterocycles. The van der Waals surface area contributed by atoms with E-state index in [-0.39, 0.29) is 0 Å². The van der Waals surface area contributed by atoms with Gasteiger partial charge >= 0.3 is 0 Å². The topological polar surface area (TPSA) is 50.7 Å². The summed E-state index contributed by atoms with van der Waals surface area (Å²) in [5.74, 6) is 2.18. The Kier molecular flexibility index (Phi) is 2.37.